The first-order valence-corrected chi connectivity index (χ1v) is 4.93. The molecule has 0 rings (SSSR count). The normalized spacial score (nSPS) is 13.4. The van der Waals surface area contributed by atoms with Gasteiger partial charge in [0.05, 0.1) is 6.42 Å². The summed E-state index contributed by atoms with van der Waals surface area (Å²) >= 11 is 0. The van der Waals surface area contributed by atoms with Crippen molar-refractivity contribution in [2.45, 2.75) is 18.6 Å². The lowest BCUT2D eigenvalue weighted by Gasteiger charge is -2.04. The fourth-order valence-corrected chi connectivity index (χ4v) is 0.969. The second kappa shape index (κ2) is 4.29. The maximum Gasteiger partial charge on any atom is 0.274 e. The molecule has 0 aliphatic carbocycles. The predicted octanol–water partition coefficient (Wildman–Crippen LogP) is -0.0230. The molecule has 0 heterocycles. The minimum Gasteiger partial charge on any atom is -0.298 e. The third-order valence-corrected chi connectivity index (χ3v) is 2.63. The molecule has 13 heavy (non-hydrogen) atoms. The van der Waals surface area contributed by atoms with E-state index in [0.29, 0.717) is 0 Å². The van der Waals surface area contributed by atoms with Gasteiger partial charge in [-0.2, -0.15) is 8.42 Å². The third kappa shape index (κ3) is 3.95. The minimum absolute atomic E-state index is 0.551. The first-order valence-electron chi connectivity index (χ1n) is 3.43. The summed E-state index contributed by atoms with van der Waals surface area (Å²) in [4.78, 5) is 21.6. The van der Waals surface area contributed by atoms with Crippen LogP contribution >= 0.6 is 0 Å². The van der Waals surface area contributed by atoms with Crippen LogP contribution in [-0.4, -0.2) is 29.8 Å². The second-order valence-electron chi connectivity index (χ2n) is 2.47. The Morgan fingerprint density at radius 1 is 1.54 bits per heavy atom. The Bertz CT molecular complexity index is 327. The number of allylic oxidation sites excluding steroid dienone is 1. The Labute approximate surface area is 76.2 Å². The standard InChI is InChI=1S/C7H10O5S/c1-3-6(8)4-7(9)5(2)13(10,11)12/h3,5H,1,4H2,2H3,(H,10,11,12). The van der Waals surface area contributed by atoms with Crippen LogP contribution < -0.4 is 0 Å². The molecule has 0 aliphatic heterocycles. The van der Waals surface area contributed by atoms with Crippen LogP contribution in [0.5, 0.6) is 0 Å². The van der Waals surface area contributed by atoms with E-state index in [-0.39, 0.29) is 0 Å². The van der Waals surface area contributed by atoms with E-state index in [4.69, 9.17) is 4.55 Å². The molecule has 0 bridgehead atoms. The number of Topliss-reactive ketones (excluding diaryl/α,β-unsaturated/α-hetero) is 1. The molecule has 1 unspecified atom stereocenters. The molecular weight excluding hydrogens is 196 g/mol. The number of hydrogen-bond acceptors (Lipinski definition) is 4. The average molecular weight is 206 g/mol. The number of carbonyl (C=O) groups excluding carboxylic acids is 2. The van der Waals surface area contributed by atoms with Crippen LogP contribution in [0, 0.1) is 0 Å². The van der Waals surface area contributed by atoms with Gasteiger partial charge >= 0.3 is 0 Å². The molecular formula is C7H10O5S. The van der Waals surface area contributed by atoms with Crippen molar-refractivity contribution in [3.8, 4) is 0 Å². The van der Waals surface area contributed by atoms with Gasteiger partial charge in [-0.15, -0.1) is 0 Å². The van der Waals surface area contributed by atoms with E-state index in [1.807, 2.05) is 0 Å². The highest BCUT2D eigenvalue weighted by Crippen LogP contribution is 2.02. The van der Waals surface area contributed by atoms with Gasteiger partial charge in [-0.25, -0.2) is 0 Å². The van der Waals surface area contributed by atoms with E-state index >= 15 is 0 Å². The van der Waals surface area contributed by atoms with E-state index < -0.39 is 33.4 Å². The SMILES string of the molecule is C=CC(=O)CC(=O)C(C)S(=O)(=O)O. The Kier molecular flexibility index (Phi) is 3.96. The van der Waals surface area contributed by atoms with Gasteiger partial charge in [0.15, 0.2) is 11.6 Å². The van der Waals surface area contributed by atoms with Crippen LogP contribution in [-0.2, 0) is 19.7 Å². The van der Waals surface area contributed by atoms with Crippen molar-refractivity contribution in [1.82, 2.24) is 0 Å². The molecule has 0 fully saturated rings. The number of hydrogen-bond donors (Lipinski definition) is 1. The van der Waals surface area contributed by atoms with Gasteiger partial charge in [0.25, 0.3) is 10.1 Å². The highest BCUT2D eigenvalue weighted by atomic mass is 32.2. The van der Waals surface area contributed by atoms with Crippen LogP contribution in [0.1, 0.15) is 13.3 Å². The van der Waals surface area contributed by atoms with Gasteiger partial charge in [-0.05, 0) is 13.0 Å². The predicted molar refractivity (Wildman–Crippen MR) is 45.8 cm³/mol. The van der Waals surface area contributed by atoms with E-state index in [2.05, 4.69) is 6.58 Å². The summed E-state index contributed by atoms with van der Waals surface area (Å²) in [7, 11) is -4.39. The molecule has 1 N–H and O–H groups in total. The topological polar surface area (TPSA) is 88.5 Å². The smallest absolute Gasteiger partial charge is 0.274 e. The molecule has 6 heteroatoms. The monoisotopic (exact) mass is 206 g/mol. The van der Waals surface area contributed by atoms with Crippen LogP contribution in [0.3, 0.4) is 0 Å². The van der Waals surface area contributed by atoms with Crippen molar-refractivity contribution in [2.24, 2.45) is 0 Å². The Hall–Kier alpha value is -1.01. The zero-order valence-corrected chi connectivity index (χ0v) is 7.87. The third-order valence-electron chi connectivity index (χ3n) is 1.48. The maximum atomic E-state index is 11.0. The van der Waals surface area contributed by atoms with Crippen LogP contribution in [0.4, 0.5) is 0 Å². The fourth-order valence-electron chi connectivity index (χ4n) is 0.554. The summed E-state index contributed by atoms with van der Waals surface area (Å²) in [5.41, 5.74) is 0. The summed E-state index contributed by atoms with van der Waals surface area (Å²) < 4.78 is 29.3. The van der Waals surface area contributed by atoms with E-state index in [0.717, 1.165) is 13.0 Å². The fraction of sp³-hybridized carbons (Fsp3) is 0.429. The van der Waals surface area contributed by atoms with Crippen molar-refractivity contribution in [3.63, 3.8) is 0 Å². The number of carbonyl (C=O) groups is 2. The van der Waals surface area contributed by atoms with Crippen molar-refractivity contribution in [1.29, 1.82) is 0 Å². The number of ketones is 2. The van der Waals surface area contributed by atoms with Crippen molar-refractivity contribution in [3.05, 3.63) is 12.7 Å². The van der Waals surface area contributed by atoms with Gasteiger partial charge < -0.3 is 0 Å². The largest absolute Gasteiger partial charge is 0.298 e. The van der Waals surface area contributed by atoms with E-state index in [1.54, 1.807) is 0 Å². The molecule has 5 nitrogen and oxygen atoms in total. The van der Waals surface area contributed by atoms with E-state index in [9.17, 15) is 18.0 Å². The molecule has 0 spiro atoms. The number of rotatable bonds is 5. The Morgan fingerprint density at radius 2 is 2.00 bits per heavy atom. The van der Waals surface area contributed by atoms with Crippen molar-refractivity contribution < 1.29 is 22.6 Å². The Morgan fingerprint density at radius 3 is 2.31 bits per heavy atom. The highest BCUT2D eigenvalue weighted by Gasteiger charge is 2.26. The van der Waals surface area contributed by atoms with E-state index in [1.165, 1.54) is 0 Å². The van der Waals surface area contributed by atoms with Gasteiger partial charge in [0.2, 0.25) is 0 Å². The summed E-state index contributed by atoms with van der Waals surface area (Å²) in [6.07, 6.45) is 0.374. The quantitative estimate of drug-likeness (QED) is 0.388. The second-order valence-corrected chi connectivity index (χ2v) is 4.21. The molecule has 0 aromatic rings. The molecule has 0 aromatic heterocycles. The van der Waals surface area contributed by atoms with Gasteiger partial charge in [0.1, 0.15) is 5.25 Å². The first-order chi connectivity index (χ1) is 5.79. The molecule has 1 atom stereocenters. The molecule has 0 amide bonds. The molecule has 0 aromatic carbocycles. The molecule has 0 saturated heterocycles. The zero-order valence-electron chi connectivity index (χ0n) is 7.06. The lowest BCUT2D eigenvalue weighted by Crippen LogP contribution is -2.28. The molecule has 0 aliphatic rings. The zero-order chi connectivity index (χ0) is 10.6. The lowest BCUT2D eigenvalue weighted by atomic mass is 10.1. The lowest BCUT2D eigenvalue weighted by molar-refractivity contribution is -0.124. The summed E-state index contributed by atoms with van der Waals surface area (Å²) in [6.45, 7) is 4.14. The van der Waals surface area contributed by atoms with Gasteiger partial charge in [0, 0.05) is 0 Å². The maximum absolute atomic E-state index is 11.0. The summed E-state index contributed by atoms with van der Waals surface area (Å²) in [5.74, 6) is -1.41. The average Bonchev–Trinajstić information content (AvgIpc) is 2.01. The van der Waals surface area contributed by atoms with Crippen LogP contribution in [0.25, 0.3) is 0 Å². The summed E-state index contributed by atoms with van der Waals surface area (Å²) in [6, 6.07) is 0. The Balaban J connectivity index is 4.46. The summed E-state index contributed by atoms with van der Waals surface area (Å²) in [5, 5.41) is -1.56. The first kappa shape index (κ1) is 12.0. The van der Waals surface area contributed by atoms with Gasteiger partial charge in [-0.3, -0.25) is 14.1 Å². The minimum atomic E-state index is -4.39. The molecule has 0 radical (unpaired) electrons. The highest BCUT2D eigenvalue weighted by molar-refractivity contribution is 7.87. The van der Waals surface area contributed by atoms with Crippen molar-refractivity contribution in [2.75, 3.05) is 0 Å². The molecule has 74 valence electrons. The van der Waals surface area contributed by atoms with Crippen molar-refractivity contribution >= 4 is 21.7 Å². The van der Waals surface area contributed by atoms with Gasteiger partial charge in [-0.1, -0.05) is 6.58 Å². The molecule has 0 saturated carbocycles. The van der Waals surface area contributed by atoms with Crippen LogP contribution in [0.2, 0.25) is 0 Å². The van der Waals surface area contributed by atoms with Crippen LogP contribution in [0.15, 0.2) is 12.7 Å².